The lowest BCUT2D eigenvalue weighted by Crippen LogP contribution is -1.97. The number of ether oxygens (including phenoxy) is 1. The Morgan fingerprint density at radius 2 is 2.37 bits per heavy atom. The molecule has 0 atom stereocenters. The van der Waals surface area contributed by atoms with Crippen molar-refractivity contribution in [2.24, 2.45) is 0 Å². The number of aromatic nitrogens is 4. The summed E-state index contributed by atoms with van der Waals surface area (Å²) in [6.45, 7) is 1.94. The third kappa shape index (κ3) is 2.11. The highest BCUT2D eigenvalue weighted by Gasteiger charge is 2.06. The van der Waals surface area contributed by atoms with Crippen LogP contribution in [0.5, 0.6) is 5.75 Å². The van der Waals surface area contributed by atoms with Crippen LogP contribution in [0.3, 0.4) is 0 Å². The number of rotatable bonds is 3. The summed E-state index contributed by atoms with van der Waals surface area (Å²) in [5.74, 6) is 1.59. The van der Waals surface area contributed by atoms with Crippen molar-refractivity contribution in [3.05, 3.63) is 41.8 Å². The molecule has 0 fully saturated rings. The highest BCUT2D eigenvalue weighted by atomic mass is 16.5. The molecule has 94 valence electrons. The minimum absolute atomic E-state index is 0.193. The summed E-state index contributed by atoms with van der Waals surface area (Å²) in [5, 5.41) is 16.6. The first-order valence-electron chi connectivity index (χ1n) is 5.56. The third-order valence-corrected chi connectivity index (χ3v) is 2.54. The number of nitriles is 1. The quantitative estimate of drug-likeness (QED) is 0.704. The highest BCUT2D eigenvalue weighted by Crippen LogP contribution is 2.16. The number of nitrogens with zero attached hydrogens (tertiary/aromatic N) is 5. The Morgan fingerprint density at radius 1 is 1.47 bits per heavy atom. The summed E-state index contributed by atoms with van der Waals surface area (Å²) in [6, 6.07) is 5.62. The van der Waals surface area contributed by atoms with E-state index in [1.54, 1.807) is 29.8 Å². The summed E-state index contributed by atoms with van der Waals surface area (Å²) in [7, 11) is 0. The number of hydrogen-bond acceptors (Lipinski definition) is 6. The van der Waals surface area contributed by atoms with Crippen molar-refractivity contribution in [1.82, 2.24) is 19.8 Å². The maximum atomic E-state index is 8.89. The molecule has 0 N–H and O–H groups in total. The van der Waals surface area contributed by atoms with Gasteiger partial charge in [-0.25, -0.2) is 4.52 Å². The van der Waals surface area contributed by atoms with Crippen molar-refractivity contribution >= 4 is 5.52 Å². The van der Waals surface area contributed by atoms with Crippen LogP contribution in [0.1, 0.15) is 17.3 Å². The zero-order valence-corrected chi connectivity index (χ0v) is 10.1. The molecule has 0 amide bonds. The molecule has 7 heteroatoms. The van der Waals surface area contributed by atoms with Crippen molar-refractivity contribution < 1.29 is 9.26 Å². The number of aryl methyl sites for hydroxylation is 1. The smallest absolute Gasteiger partial charge is 0.264 e. The Hall–Kier alpha value is -2.88. The predicted molar refractivity (Wildman–Crippen MR) is 63.3 cm³/mol. The Bertz CT molecular complexity index is 768. The van der Waals surface area contributed by atoms with Crippen LogP contribution in [-0.4, -0.2) is 19.8 Å². The Morgan fingerprint density at radius 3 is 3.11 bits per heavy atom. The van der Waals surface area contributed by atoms with Gasteiger partial charge in [-0.2, -0.15) is 15.3 Å². The molecule has 0 radical (unpaired) electrons. The van der Waals surface area contributed by atoms with Crippen LogP contribution < -0.4 is 4.74 Å². The molecule has 0 unspecified atom stereocenters. The van der Waals surface area contributed by atoms with E-state index < -0.39 is 0 Å². The lowest BCUT2D eigenvalue weighted by Gasteiger charge is -2.03. The van der Waals surface area contributed by atoms with E-state index in [9.17, 15) is 0 Å². The summed E-state index contributed by atoms with van der Waals surface area (Å²) in [6.07, 6.45) is 3.21. The van der Waals surface area contributed by atoms with E-state index in [0.717, 1.165) is 5.52 Å². The molecule has 0 saturated carbocycles. The van der Waals surface area contributed by atoms with E-state index in [1.807, 2.05) is 0 Å². The minimum Gasteiger partial charge on any atom is -0.482 e. The van der Waals surface area contributed by atoms with Gasteiger partial charge in [-0.3, -0.25) is 0 Å². The zero-order valence-electron chi connectivity index (χ0n) is 10.1. The first-order valence-corrected chi connectivity index (χ1v) is 5.56. The maximum Gasteiger partial charge on any atom is 0.264 e. The number of hydrogen-bond donors (Lipinski definition) is 0. The molecule has 3 heterocycles. The van der Waals surface area contributed by atoms with Crippen LogP contribution in [-0.2, 0) is 6.61 Å². The molecule has 3 aromatic rings. The minimum atomic E-state index is 0.193. The van der Waals surface area contributed by atoms with Crippen molar-refractivity contribution in [3.8, 4) is 11.8 Å². The predicted octanol–water partition coefficient (Wildman–Crippen LogP) is 1.48. The van der Waals surface area contributed by atoms with E-state index in [4.69, 9.17) is 14.5 Å². The van der Waals surface area contributed by atoms with E-state index in [2.05, 4.69) is 21.3 Å². The second-order valence-electron chi connectivity index (χ2n) is 3.89. The van der Waals surface area contributed by atoms with Crippen LogP contribution in [0.25, 0.3) is 5.52 Å². The van der Waals surface area contributed by atoms with E-state index in [0.29, 0.717) is 23.0 Å². The molecule has 0 bridgehead atoms. The molecule has 0 aliphatic rings. The van der Waals surface area contributed by atoms with Crippen LogP contribution >= 0.6 is 0 Å². The summed E-state index contributed by atoms with van der Waals surface area (Å²) in [5.41, 5.74) is 1.27. The highest BCUT2D eigenvalue weighted by molar-refractivity contribution is 5.60. The summed E-state index contributed by atoms with van der Waals surface area (Å²) in [4.78, 5) is 4.04. The molecule has 3 aromatic heterocycles. The molecule has 19 heavy (non-hydrogen) atoms. The molecule has 0 spiro atoms. The van der Waals surface area contributed by atoms with Gasteiger partial charge in [0, 0.05) is 0 Å². The van der Waals surface area contributed by atoms with Crippen molar-refractivity contribution in [1.29, 1.82) is 5.26 Å². The summed E-state index contributed by atoms with van der Waals surface area (Å²) >= 11 is 0. The lowest BCUT2D eigenvalue weighted by molar-refractivity contribution is 0.241. The van der Waals surface area contributed by atoms with E-state index in [-0.39, 0.29) is 6.61 Å². The fourth-order valence-electron chi connectivity index (χ4n) is 1.68. The molecular weight excluding hydrogens is 246 g/mol. The molecule has 3 rings (SSSR count). The molecule has 0 aliphatic heterocycles. The van der Waals surface area contributed by atoms with Gasteiger partial charge in [-0.15, -0.1) is 0 Å². The van der Waals surface area contributed by atoms with Gasteiger partial charge in [-0.05, 0) is 19.1 Å². The fourth-order valence-corrected chi connectivity index (χ4v) is 1.68. The molecule has 0 saturated heterocycles. The van der Waals surface area contributed by atoms with Gasteiger partial charge in [0.25, 0.3) is 5.89 Å². The zero-order chi connectivity index (χ0) is 13.2. The van der Waals surface area contributed by atoms with Crippen molar-refractivity contribution in [3.63, 3.8) is 0 Å². The van der Waals surface area contributed by atoms with Gasteiger partial charge in [0.05, 0.1) is 23.5 Å². The largest absolute Gasteiger partial charge is 0.482 e. The topological polar surface area (TPSA) is 89.2 Å². The molecule has 0 aromatic carbocycles. The van der Waals surface area contributed by atoms with Crippen LogP contribution in [0.15, 0.2) is 29.0 Å². The van der Waals surface area contributed by atoms with Crippen molar-refractivity contribution in [2.45, 2.75) is 13.5 Å². The van der Waals surface area contributed by atoms with Gasteiger partial charge < -0.3 is 9.26 Å². The van der Waals surface area contributed by atoms with E-state index in [1.165, 1.54) is 6.20 Å². The second kappa shape index (κ2) is 4.42. The van der Waals surface area contributed by atoms with Crippen LogP contribution in [0.4, 0.5) is 0 Å². The van der Waals surface area contributed by atoms with Gasteiger partial charge in [0.2, 0.25) is 0 Å². The Balaban J connectivity index is 1.80. The number of pyridine rings is 1. The standard InChI is InChI=1S/C12H9N5O2/c1-8-15-12(19-16-8)7-18-10-2-3-11-9(4-13)5-14-17(11)6-10/h2-3,5-6H,7H2,1H3. The fraction of sp³-hybridized carbons (Fsp3) is 0.167. The monoisotopic (exact) mass is 255 g/mol. The van der Waals surface area contributed by atoms with Crippen LogP contribution in [0.2, 0.25) is 0 Å². The van der Waals surface area contributed by atoms with Gasteiger partial charge in [0.15, 0.2) is 12.4 Å². The van der Waals surface area contributed by atoms with Gasteiger partial charge in [0.1, 0.15) is 11.8 Å². The van der Waals surface area contributed by atoms with E-state index >= 15 is 0 Å². The average Bonchev–Trinajstić information content (AvgIpc) is 3.01. The first kappa shape index (κ1) is 11.2. The SMILES string of the molecule is Cc1noc(COc2ccc3c(C#N)cnn3c2)n1. The average molecular weight is 255 g/mol. The Kier molecular flexibility index (Phi) is 2.61. The molecular formula is C12H9N5O2. The van der Waals surface area contributed by atoms with Gasteiger partial charge in [-0.1, -0.05) is 5.16 Å². The number of fused-ring (bicyclic) bond motifs is 1. The van der Waals surface area contributed by atoms with Crippen molar-refractivity contribution in [2.75, 3.05) is 0 Å². The van der Waals surface area contributed by atoms with Gasteiger partial charge >= 0.3 is 0 Å². The second-order valence-corrected chi connectivity index (χ2v) is 3.89. The normalized spacial score (nSPS) is 10.5. The molecule has 0 aliphatic carbocycles. The Labute approximate surface area is 108 Å². The van der Waals surface area contributed by atoms with Crippen LogP contribution in [0, 0.1) is 18.3 Å². The maximum absolute atomic E-state index is 8.89. The lowest BCUT2D eigenvalue weighted by atomic mass is 10.3. The third-order valence-electron chi connectivity index (χ3n) is 2.54. The molecule has 7 nitrogen and oxygen atoms in total. The first-order chi connectivity index (χ1) is 9.26. The summed E-state index contributed by atoms with van der Waals surface area (Å²) < 4.78 is 12.1.